The number of amides is 1. The average molecular weight is 344 g/mol. The molecule has 0 atom stereocenters. The quantitative estimate of drug-likeness (QED) is 0.783. The molecule has 0 unspecified atom stereocenters. The molecule has 1 saturated heterocycles. The van der Waals surface area contributed by atoms with E-state index in [1.807, 2.05) is 0 Å². The van der Waals surface area contributed by atoms with Crippen LogP contribution < -0.4 is 5.32 Å². The van der Waals surface area contributed by atoms with E-state index in [0.717, 1.165) is 5.56 Å². The lowest BCUT2D eigenvalue weighted by Crippen LogP contribution is -2.43. The first-order valence-electron chi connectivity index (χ1n) is 7.54. The van der Waals surface area contributed by atoms with Gasteiger partial charge in [-0.1, -0.05) is 12.1 Å². The Morgan fingerprint density at radius 1 is 1.30 bits per heavy atom. The van der Waals surface area contributed by atoms with Gasteiger partial charge in [-0.3, -0.25) is 4.79 Å². The number of aryl methyl sites for hydroxylation is 1. The largest absolute Gasteiger partial charge is 0.379 e. The standard InChI is InChI=1S/C15H21FN2O4S/c16-14-3-1-2-13(12-14)4-5-15(19)17-6-11-23(20,21)18-7-9-22-10-8-18/h1-3,12H,4-11H2,(H,17,19). The molecule has 0 aromatic heterocycles. The fourth-order valence-electron chi connectivity index (χ4n) is 2.31. The van der Waals surface area contributed by atoms with Crippen molar-refractivity contribution in [2.75, 3.05) is 38.6 Å². The second-order valence-corrected chi connectivity index (χ2v) is 7.40. The van der Waals surface area contributed by atoms with E-state index in [4.69, 9.17) is 4.74 Å². The van der Waals surface area contributed by atoms with Gasteiger partial charge in [-0.2, -0.15) is 4.31 Å². The van der Waals surface area contributed by atoms with Gasteiger partial charge in [0.15, 0.2) is 0 Å². The fourth-order valence-corrected chi connectivity index (χ4v) is 3.64. The minimum atomic E-state index is -3.36. The summed E-state index contributed by atoms with van der Waals surface area (Å²) in [4.78, 5) is 11.7. The Morgan fingerprint density at radius 2 is 2.04 bits per heavy atom. The molecule has 0 radical (unpaired) electrons. The predicted molar refractivity (Wildman–Crippen MR) is 83.9 cm³/mol. The van der Waals surface area contributed by atoms with E-state index in [0.29, 0.717) is 32.7 Å². The number of morpholine rings is 1. The molecule has 1 fully saturated rings. The third-order valence-electron chi connectivity index (χ3n) is 3.58. The molecule has 1 heterocycles. The van der Waals surface area contributed by atoms with Crippen LogP contribution in [0.5, 0.6) is 0 Å². The monoisotopic (exact) mass is 344 g/mol. The lowest BCUT2D eigenvalue weighted by atomic mass is 10.1. The molecule has 1 aromatic rings. The number of nitrogens with zero attached hydrogens (tertiary/aromatic N) is 1. The SMILES string of the molecule is O=C(CCc1cccc(F)c1)NCCS(=O)(=O)N1CCOCC1. The van der Waals surface area contributed by atoms with E-state index in [9.17, 15) is 17.6 Å². The number of carbonyl (C=O) groups excluding carboxylic acids is 1. The van der Waals surface area contributed by atoms with Gasteiger partial charge in [-0.25, -0.2) is 12.8 Å². The van der Waals surface area contributed by atoms with Crippen molar-refractivity contribution < 1.29 is 22.3 Å². The van der Waals surface area contributed by atoms with Crippen molar-refractivity contribution in [2.45, 2.75) is 12.8 Å². The van der Waals surface area contributed by atoms with Gasteiger partial charge in [0, 0.05) is 26.1 Å². The maximum Gasteiger partial charge on any atom is 0.220 e. The zero-order valence-corrected chi connectivity index (χ0v) is 13.6. The van der Waals surface area contributed by atoms with E-state index >= 15 is 0 Å². The van der Waals surface area contributed by atoms with Crippen LogP contribution in [0, 0.1) is 5.82 Å². The van der Waals surface area contributed by atoms with Gasteiger partial charge in [-0.05, 0) is 24.1 Å². The molecule has 1 amide bonds. The van der Waals surface area contributed by atoms with Crippen molar-refractivity contribution in [3.8, 4) is 0 Å². The minimum Gasteiger partial charge on any atom is -0.379 e. The fraction of sp³-hybridized carbons (Fsp3) is 0.533. The second-order valence-electron chi connectivity index (χ2n) is 5.31. The number of nitrogens with one attached hydrogen (secondary N) is 1. The minimum absolute atomic E-state index is 0.0711. The van der Waals surface area contributed by atoms with Gasteiger partial charge in [0.05, 0.1) is 19.0 Å². The number of benzene rings is 1. The molecule has 1 aliphatic heterocycles. The molecule has 128 valence electrons. The first-order valence-corrected chi connectivity index (χ1v) is 9.15. The first kappa shape index (κ1) is 17.8. The highest BCUT2D eigenvalue weighted by Gasteiger charge is 2.23. The number of carbonyl (C=O) groups is 1. The maximum absolute atomic E-state index is 13.0. The van der Waals surface area contributed by atoms with Crippen LogP contribution >= 0.6 is 0 Å². The highest BCUT2D eigenvalue weighted by Crippen LogP contribution is 2.07. The van der Waals surface area contributed by atoms with E-state index in [2.05, 4.69) is 5.32 Å². The van der Waals surface area contributed by atoms with Gasteiger partial charge in [0.25, 0.3) is 0 Å². The molecule has 8 heteroatoms. The second kappa shape index (κ2) is 8.37. The van der Waals surface area contributed by atoms with Crippen LogP contribution in [0.1, 0.15) is 12.0 Å². The third kappa shape index (κ3) is 5.89. The van der Waals surface area contributed by atoms with Crippen molar-refractivity contribution in [2.24, 2.45) is 0 Å². The molecule has 23 heavy (non-hydrogen) atoms. The summed E-state index contributed by atoms with van der Waals surface area (Å²) in [6.45, 7) is 1.59. The van der Waals surface area contributed by atoms with E-state index in [1.54, 1.807) is 12.1 Å². The first-order chi connectivity index (χ1) is 11.0. The number of hydrogen-bond acceptors (Lipinski definition) is 4. The summed E-state index contributed by atoms with van der Waals surface area (Å²) in [5.41, 5.74) is 0.737. The van der Waals surface area contributed by atoms with Gasteiger partial charge in [-0.15, -0.1) is 0 Å². The highest BCUT2D eigenvalue weighted by atomic mass is 32.2. The summed E-state index contributed by atoms with van der Waals surface area (Å²) in [5.74, 6) is -0.704. The molecular formula is C15H21FN2O4S. The lowest BCUT2D eigenvalue weighted by Gasteiger charge is -2.26. The topological polar surface area (TPSA) is 75.7 Å². The van der Waals surface area contributed by atoms with Crippen molar-refractivity contribution >= 4 is 15.9 Å². The van der Waals surface area contributed by atoms with Gasteiger partial charge in [0.1, 0.15) is 5.82 Å². The average Bonchev–Trinajstić information content (AvgIpc) is 2.54. The van der Waals surface area contributed by atoms with Crippen LogP contribution in [-0.2, 0) is 26.0 Å². The maximum atomic E-state index is 13.0. The summed E-state index contributed by atoms with van der Waals surface area (Å²) in [7, 11) is -3.36. The van der Waals surface area contributed by atoms with Gasteiger partial charge in [0.2, 0.25) is 15.9 Å². The van der Waals surface area contributed by atoms with Crippen LogP contribution in [0.25, 0.3) is 0 Å². The summed E-state index contributed by atoms with van der Waals surface area (Å²) in [6, 6.07) is 6.08. The molecule has 0 saturated carbocycles. The van der Waals surface area contributed by atoms with Crippen molar-refractivity contribution in [3.63, 3.8) is 0 Å². The number of rotatable bonds is 7. The smallest absolute Gasteiger partial charge is 0.220 e. The molecule has 2 rings (SSSR count). The Bertz CT molecular complexity index is 630. The van der Waals surface area contributed by atoms with E-state index in [-0.39, 0.29) is 30.4 Å². The predicted octanol–water partition coefficient (Wildman–Crippen LogP) is 0.537. The molecule has 0 spiro atoms. The number of hydrogen-bond donors (Lipinski definition) is 1. The Kier molecular flexibility index (Phi) is 6.49. The molecule has 0 aliphatic carbocycles. The Labute approximate surface area is 135 Å². The zero-order valence-electron chi connectivity index (χ0n) is 12.8. The summed E-state index contributed by atoms with van der Waals surface area (Å²) in [6.07, 6.45) is 0.612. The molecule has 6 nitrogen and oxygen atoms in total. The molecule has 1 N–H and O–H groups in total. The van der Waals surface area contributed by atoms with Crippen LogP contribution in [0.4, 0.5) is 4.39 Å². The molecule has 1 aromatic carbocycles. The highest BCUT2D eigenvalue weighted by molar-refractivity contribution is 7.89. The summed E-state index contributed by atoms with van der Waals surface area (Å²) < 4.78 is 43.6. The van der Waals surface area contributed by atoms with Gasteiger partial charge >= 0.3 is 0 Å². The lowest BCUT2D eigenvalue weighted by molar-refractivity contribution is -0.120. The summed E-state index contributed by atoms with van der Waals surface area (Å²) in [5, 5.41) is 2.59. The van der Waals surface area contributed by atoms with E-state index < -0.39 is 10.0 Å². The van der Waals surface area contributed by atoms with Crippen LogP contribution in [0.2, 0.25) is 0 Å². The summed E-state index contributed by atoms with van der Waals surface area (Å²) >= 11 is 0. The number of halogens is 1. The molecule has 1 aliphatic rings. The number of sulfonamides is 1. The Balaban J connectivity index is 1.70. The van der Waals surface area contributed by atoms with Crippen LogP contribution in [-0.4, -0.2) is 57.2 Å². The van der Waals surface area contributed by atoms with E-state index in [1.165, 1.54) is 16.4 Å². The van der Waals surface area contributed by atoms with Crippen LogP contribution in [0.3, 0.4) is 0 Å². The van der Waals surface area contributed by atoms with Crippen LogP contribution in [0.15, 0.2) is 24.3 Å². The van der Waals surface area contributed by atoms with Crippen molar-refractivity contribution in [3.05, 3.63) is 35.6 Å². The number of ether oxygens (including phenoxy) is 1. The Morgan fingerprint density at radius 3 is 2.74 bits per heavy atom. The normalized spacial score (nSPS) is 16.2. The van der Waals surface area contributed by atoms with Crippen molar-refractivity contribution in [1.29, 1.82) is 0 Å². The molecular weight excluding hydrogens is 323 g/mol. The third-order valence-corrected chi connectivity index (χ3v) is 5.45. The van der Waals surface area contributed by atoms with Gasteiger partial charge < -0.3 is 10.1 Å². The zero-order chi connectivity index (χ0) is 16.7. The van der Waals surface area contributed by atoms with Crippen molar-refractivity contribution in [1.82, 2.24) is 9.62 Å². The molecule has 0 bridgehead atoms. The Hall–Kier alpha value is -1.51.